The number of aromatic nitrogens is 1. The fourth-order valence-electron chi connectivity index (χ4n) is 4.68. The molecule has 0 unspecified atom stereocenters. The lowest BCUT2D eigenvalue weighted by atomic mass is 9.84. The Bertz CT molecular complexity index is 1060. The first-order valence-corrected chi connectivity index (χ1v) is 12.0. The first kappa shape index (κ1) is 23.1. The Labute approximate surface area is 198 Å². The second-order valence-electron chi connectivity index (χ2n) is 9.38. The summed E-state index contributed by atoms with van der Waals surface area (Å²) < 4.78 is 0. The highest BCUT2D eigenvalue weighted by Crippen LogP contribution is 2.37. The Morgan fingerprint density at radius 1 is 0.758 bits per heavy atom. The number of phenolic OH excluding ortho intramolecular Hbond substituents is 1. The number of allylic oxidation sites excluding steroid dienone is 1. The van der Waals surface area contributed by atoms with Gasteiger partial charge in [0.05, 0.1) is 0 Å². The summed E-state index contributed by atoms with van der Waals surface area (Å²) in [7, 11) is 0. The molecule has 4 heteroatoms. The van der Waals surface area contributed by atoms with Crippen LogP contribution in [0.3, 0.4) is 0 Å². The third kappa shape index (κ3) is 5.28. The zero-order valence-electron chi connectivity index (χ0n) is 20.2. The molecule has 0 spiro atoms. The quantitative estimate of drug-likeness (QED) is 0.481. The van der Waals surface area contributed by atoms with Gasteiger partial charge in [0.15, 0.2) is 0 Å². The van der Waals surface area contributed by atoms with Gasteiger partial charge in [0, 0.05) is 44.0 Å². The van der Waals surface area contributed by atoms with Gasteiger partial charge in [0.2, 0.25) is 0 Å². The fraction of sp³-hybridized carbons (Fsp3) is 0.345. The van der Waals surface area contributed by atoms with Gasteiger partial charge in [-0.3, -0.25) is 4.90 Å². The van der Waals surface area contributed by atoms with Crippen molar-refractivity contribution in [1.82, 2.24) is 9.88 Å². The van der Waals surface area contributed by atoms with Crippen LogP contribution in [-0.2, 0) is 0 Å². The van der Waals surface area contributed by atoms with E-state index in [4.69, 9.17) is 4.98 Å². The maximum Gasteiger partial charge on any atom is 0.128 e. The summed E-state index contributed by atoms with van der Waals surface area (Å²) in [6.07, 6.45) is 2.01. The molecular formula is C29H35N3O. The highest BCUT2D eigenvalue weighted by atomic mass is 16.3. The molecule has 1 aromatic heterocycles. The highest BCUT2D eigenvalue weighted by Gasteiger charge is 2.21. The van der Waals surface area contributed by atoms with E-state index in [0.717, 1.165) is 43.1 Å². The van der Waals surface area contributed by atoms with Crippen LogP contribution >= 0.6 is 0 Å². The summed E-state index contributed by atoms with van der Waals surface area (Å²) in [6, 6.07) is 23.0. The summed E-state index contributed by atoms with van der Waals surface area (Å²) in [5.41, 5.74) is 5.84. The van der Waals surface area contributed by atoms with Gasteiger partial charge in [-0.1, -0.05) is 56.3 Å². The van der Waals surface area contributed by atoms with E-state index in [1.165, 1.54) is 16.7 Å². The molecule has 172 valence electrons. The van der Waals surface area contributed by atoms with Crippen LogP contribution in [0.4, 0.5) is 5.82 Å². The van der Waals surface area contributed by atoms with Gasteiger partial charge in [-0.05, 0) is 66.3 Å². The molecule has 0 radical (unpaired) electrons. The molecule has 2 aromatic carbocycles. The van der Waals surface area contributed by atoms with Crippen molar-refractivity contribution in [2.45, 2.75) is 33.7 Å². The maximum absolute atomic E-state index is 9.87. The minimum atomic E-state index is 0.276. The third-order valence-electron chi connectivity index (χ3n) is 6.49. The first-order valence-electron chi connectivity index (χ1n) is 12.0. The molecule has 1 N–H and O–H groups in total. The van der Waals surface area contributed by atoms with Crippen LogP contribution in [0.25, 0.3) is 11.1 Å². The average Bonchev–Trinajstić information content (AvgIpc) is 2.84. The Balaban J connectivity index is 1.73. The number of hydrogen-bond donors (Lipinski definition) is 1. The smallest absolute Gasteiger partial charge is 0.128 e. The number of aromatic hydroxyl groups is 1. The lowest BCUT2D eigenvalue weighted by Gasteiger charge is -2.37. The van der Waals surface area contributed by atoms with E-state index in [1.807, 2.05) is 18.3 Å². The van der Waals surface area contributed by atoms with Gasteiger partial charge in [0.1, 0.15) is 11.6 Å². The SMILES string of the molecule is CC(C)/C(=C(\c1ccc(O)cc1)c1ccc(N2CCN(C(C)C)CC2)nc1)c1ccccc1. The van der Waals surface area contributed by atoms with Crippen LogP contribution in [0.15, 0.2) is 72.9 Å². The highest BCUT2D eigenvalue weighted by molar-refractivity contribution is 5.99. The second kappa shape index (κ2) is 10.2. The monoisotopic (exact) mass is 441 g/mol. The van der Waals surface area contributed by atoms with Crippen molar-refractivity contribution in [3.8, 4) is 5.75 Å². The third-order valence-corrected chi connectivity index (χ3v) is 6.49. The number of hydrogen-bond acceptors (Lipinski definition) is 4. The second-order valence-corrected chi connectivity index (χ2v) is 9.38. The van der Waals surface area contributed by atoms with Crippen molar-refractivity contribution < 1.29 is 5.11 Å². The summed E-state index contributed by atoms with van der Waals surface area (Å²) in [5.74, 6) is 1.64. The van der Waals surface area contributed by atoms with E-state index in [2.05, 4.69) is 80.0 Å². The summed E-state index contributed by atoms with van der Waals surface area (Å²) in [5, 5.41) is 9.87. The molecule has 4 nitrogen and oxygen atoms in total. The lowest BCUT2D eigenvalue weighted by Crippen LogP contribution is -2.49. The number of benzene rings is 2. The molecule has 1 aliphatic heterocycles. The van der Waals surface area contributed by atoms with Crippen molar-refractivity contribution in [2.24, 2.45) is 5.92 Å². The summed E-state index contributed by atoms with van der Waals surface area (Å²) >= 11 is 0. The first-order chi connectivity index (χ1) is 15.9. The van der Waals surface area contributed by atoms with E-state index in [9.17, 15) is 5.11 Å². The van der Waals surface area contributed by atoms with Crippen LogP contribution in [0.1, 0.15) is 44.4 Å². The van der Waals surface area contributed by atoms with Crippen molar-refractivity contribution in [3.05, 3.63) is 89.6 Å². The molecule has 33 heavy (non-hydrogen) atoms. The van der Waals surface area contributed by atoms with E-state index >= 15 is 0 Å². The standard InChI is InChI=1S/C29H35N3O/c1-21(2)28(23-8-6-5-7-9-23)29(24-10-13-26(33)14-11-24)25-12-15-27(30-20-25)32-18-16-31(17-19-32)22(3)4/h5-15,20-22,33H,16-19H2,1-4H3/b29-28-. The predicted octanol–water partition coefficient (Wildman–Crippen LogP) is 5.93. The molecule has 3 aromatic rings. The largest absolute Gasteiger partial charge is 0.508 e. The Hall–Kier alpha value is -3.11. The van der Waals surface area contributed by atoms with Gasteiger partial charge in [-0.2, -0.15) is 0 Å². The molecule has 1 fully saturated rings. The van der Waals surface area contributed by atoms with Gasteiger partial charge < -0.3 is 10.0 Å². The minimum Gasteiger partial charge on any atom is -0.508 e. The Morgan fingerprint density at radius 3 is 1.94 bits per heavy atom. The van der Waals surface area contributed by atoms with Crippen LogP contribution in [0.5, 0.6) is 5.75 Å². The van der Waals surface area contributed by atoms with Crippen molar-refractivity contribution in [1.29, 1.82) is 0 Å². The van der Waals surface area contributed by atoms with Crippen molar-refractivity contribution in [2.75, 3.05) is 31.1 Å². The minimum absolute atomic E-state index is 0.276. The van der Waals surface area contributed by atoms with Crippen molar-refractivity contribution in [3.63, 3.8) is 0 Å². The topological polar surface area (TPSA) is 39.6 Å². The van der Waals surface area contributed by atoms with Crippen LogP contribution < -0.4 is 4.90 Å². The predicted molar refractivity (Wildman–Crippen MR) is 138 cm³/mol. The van der Waals surface area contributed by atoms with E-state index in [-0.39, 0.29) is 5.75 Å². The lowest BCUT2D eigenvalue weighted by molar-refractivity contribution is 0.209. The Morgan fingerprint density at radius 2 is 1.39 bits per heavy atom. The number of piperazine rings is 1. The molecule has 4 rings (SSSR count). The molecule has 1 saturated heterocycles. The van der Waals surface area contributed by atoms with Crippen LogP contribution in [0, 0.1) is 5.92 Å². The fourth-order valence-corrected chi connectivity index (χ4v) is 4.68. The molecule has 1 aliphatic rings. The zero-order valence-corrected chi connectivity index (χ0v) is 20.2. The number of nitrogens with zero attached hydrogens (tertiary/aromatic N) is 3. The number of phenols is 1. The zero-order chi connectivity index (χ0) is 23.4. The summed E-state index contributed by atoms with van der Waals surface area (Å²) in [4.78, 5) is 9.80. The van der Waals surface area contributed by atoms with Gasteiger partial charge in [-0.25, -0.2) is 4.98 Å². The molecular weight excluding hydrogens is 406 g/mol. The van der Waals surface area contributed by atoms with Gasteiger partial charge >= 0.3 is 0 Å². The molecule has 0 saturated carbocycles. The van der Waals surface area contributed by atoms with Gasteiger partial charge in [-0.15, -0.1) is 0 Å². The van der Waals surface area contributed by atoms with Gasteiger partial charge in [0.25, 0.3) is 0 Å². The Kier molecular flexibility index (Phi) is 7.14. The van der Waals surface area contributed by atoms with Crippen LogP contribution in [0.2, 0.25) is 0 Å². The maximum atomic E-state index is 9.87. The molecule has 0 atom stereocenters. The summed E-state index contributed by atoms with van der Waals surface area (Å²) in [6.45, 7) is 13.2. The number of rotatable bonds is 6. The number of pyridine rings is 1. The average molecular weight is 442 g/mol. The molecule has 0 bridgehead atoms. The van der Waals surface area contributed by atoms with Crippen LogP contribution in [-0.4, -0.2) is 47.2 Å². The van der Waals surface area contributed by atoms with Crippen molar-refractivity contribution >= 4 is 17.0 Å². The van der Waals surface area contributed by atoms with E-state index in [1.54, 1.807) is 12.1 Å². The van der Waals surface area contributed by atoms with E-state index < -0.39 is 0 Å². The number of anilines is 1. The molecule has 0 amide bonds. The van der Waals surface area contributed by atoms with E-state index in [0.29, 0.717) is 12.0 Å². The molecule has 0 aliphatic carbocycles. The molecule has 2 heterocycles. The normalized spacial score (nSPS) is 15.8.